The maximum atomic E-state index is 13.6. The first-order valence-corrected chi connectivity index (χ1v) is 15.0. The Bertz CT molecular complexity index is 1410. The standard InChI is InChI=1S/C33H40O11/c1-17(2)11-26(36)43-25-14-32(15-40-19(4)34)21(12-18(25)3)13-24-27(28(42-20(5)35)31(32,6)33(24)16-41-33)44-30(39)23-10-8-7-9-22(23)29(37)38/h7-10,12,17,21,24-25,27-28H,11,13-16H2,1-6H3,(H,37,38)/t21-,24+,25-,27-,28+,31+,32+,33-/m0/s1. The van der Waals surface area contributed by atoms with E-state index >= 15 is 0 Å². The van der Waals surface area contributed by atoms with Crippen molar-refractivity contribution in [2.24, 2.45) is 28.6 Å². The van der Waals surface area contributed by atoms with Gasteiger partial charge in [0.25, 0.3) is 0 Å². The number of esters is 4. The highest BCUT2D eigenvalue weighted by Gasteiger charge is 2.85. The zero-order chi connectivity index (χ0) is 32.2. The van der Waals surface area contributed by atoms with Gasteiger partial charge in [0.15, 0.2) is 0 Å². The fourth-order valence-corrected chi connectivity index (χ4v) is 8.21. The number of hydrogen-bond donors (Lipinski definition) is 1. The van der Waals surface area contributed by atoms with Crippen LogP contribution in [0.25, 0.3) is 0 Å². The summed E-state index contributed by atoms with van der Waals surface area (Å²) in [5, 5.41) is 9.69. The number of allylic oxidation sites excluding steroid dienone is 1. The van der Waals surface area contributed by atoms with Crippen molar-refractivity contribution >= 4 is 29.8 Å². The second-order valence-corrected chi connectivity index (χ2v) is 13.2. The average Bonchev–Trinajstić information content (AvgIpc) is 3.72. The molecule has 1 spiro atoms. The van der Waals surface area contributed by atoms with Crippen LogP contribution >= 0.6 is 0 Å². The van der Waals surface area contributed by atoms with E-state index in [1.165, 1.54) is 32.0 Å². The molecule has 5 rings (SSSR count). The first-order chi connectivity index (χ1) is 20.7. The molecule has 44 heavy (non-hydrogen) atoms. The minimum Gasteiger partial charge on any atom is -0.478 e. The fraction of sp³-hybridized carbons (Fsp3) is 0.606. The van der Waals surface area contributed by atoms with Crippen molar-refractivity contribution in [2.45, 2.75) is 84.7 Å². The van der Waals surface area contributed by atoms with Crippen LogP contribution in [0.15, 0.2) is 35.9 Å². The van der Waals surface area contributed by atoms with Crippen molar-refractivity contribution in [1.29, 1.82) is 0 Å². The smallest absolute Gasteiger partial charge is 0.339 e. The van der Waals surface area contributed by atoms with E-state index < -0.39 is 64.5 Å². The van der Waals surface area contributed by atoms with Gasteiger partial charge in [0, 0.05) is 37.0 Å². The Kier molecular flexibility index (Phi) is 8.15. The molecule has 0 radical (unpaired) electrons. The van der Waals surface area contributed by atoms with Crippen LogP contribution in [0.2, 0.25) is 0 Å². The zero-order valence-electron chi connectivity index (χ0n) is 25.9. The molecule has 3 aliphatic carbocycles. The second kappa shape index (κ2) is 11.3. The molecule has 2 saturated carbocycles. The van der Waals surface area contributed by atoms with Crippen molar-refractivity contribution in [2.75, 3.05) is 13.2 Å². The lowest BCUT2D eigenvalue weighted by Gasteiger charge is -2.59. The van der Waals surface area contributed by atoms with Gasteiger partial charge in [0.05, 0.1) is 24.3 Å². The molecule has 1 aliphatic heterocycles. The molecule has 11 heteroatoms. The van der Waals surface area contributed by atoms with Crippen LogP contribution < -0.4 is 0 Å². The molecule has 1 saturated heterocycles. The monoisotopic (exact) mass is 612 g/mol. The highest BCUT2D eigenvalue weighted by Crippen LogP contribution is 2.76. The van der Waals surface area contributed by atoms with E-state index in [4.69, 9.17) is 23.7 Å². The number of hydrogen-bond acceptors (Lipinski definition) is 10. The number of carbonyl (C=O) groups is 5. The number of carbonyl (C=O) groups excluding carboxylic acids is 4. The molecule has 11 nitrogen and oxygen atoms in total. The van der Waals surface area contributed by atoms with Gasteiger partial charge in [0.1, 0.15) is 23.9 Å². The molecule has 0 aromatic heterocycles. The summed E-state index contributed by atoms with van der Waals surface area (Å²) in [6.45, 7) is 10.5. The van der Waals surface area contributed by atoms with Crippen LogP contribution in [0.5, 0.6) is 0 Å². The molecule has 0 unspecified atom stereocenters. The van der Waals surface area contributed by atoms with Crippen molar-refractivity contribution in [1.82, 2.24) is 0 Å². The third kappa shape index (κ3) is 4.98. The lowest BCUT2D eigenvalue weighted by Crippen LogP contribution is -2.64. The van der Waals surface area contributed by atoms with E-state index in [9.17, 15) is 29.1 Å². The minimum absolute atomic E-state index is 0.0659. The summed E-state index contributed by atoms with van der Waals surface area (Å²) in [4.78, 5) is 63.2. The van der Waals surface area contributed by atoms with Gasteiger partial charge in [-0.3, -0.25) is 14.4 Å². The van der Waals surface area contributed by atoms with Gasteiger partial charge in [-0.25, -0.2) is 9.59 Å². The molecule has 2 bridgehead atoms. The highest BCUT2D eigenvalue weighted by molar-refractivity contribution is 6.02. The predicted molar refractivity (Wildman–Crippen MR) is 153 cm³/mol. The van der Waals surface area contributed by atoms with E-state index in [0.29, 0.717) is 13.0 Å². The van der Waals surface area contributed by atoms with Crippen LogP contribution in [-0.4, -0.2) is 72.1 Å². The molecule has 1 N–H and O–H groups in total. The quantitative estimate of drug-likeness (QED) is 0.185. The van der Waals surface area contributed by atoms with E-state index in [2.05, 4.69) is 0 Å². The predicted octanol–water partition coefficient (Wildman–Crippen LogP) is 4.12. The SMILES string of the molecule is CC(=O)OC[C@]12C[C@H](OC(=O)CC(C)C)C(C)=C[C@H]1C[C@@H]1[C@H](OC(=O)c3ccccc3C(=O)O)[C@@H](OC(C)=O)[C@@]2(C)[C@]12CO2. The fourth-order valence-electron chi connectivity index (χ4n) is 8.21. The molecule has 1 aromatic rings. The van der Waals surface area contributed by atoms with Gasteiger partial charge in [-0.15, -0.1) is 0 Å². The molecular formula is C33H40O11. The minimum atomic E-state index is -1.28. The zero-order valence-corrected chi connectivity index (χ0v) is 25.9. The number of aromatic carboxylic acids is 1. The number of carboxylic acid groups (broad SMARTS) is 1. The number of epoxide rings is 1. The van der Waals surface area contributed by atoms with E-state index in [1.54, 1.807) is 6.07 Å². The Labute approximate surface area is 256 Å². The number of ether oxygens (including phenoxy) is 5. The molecule has 1 aromatic carbocycles. The topological polar surface area (TPSA) is 155 Å². The van der Waals surface area contributed by atoms with Gasteiger partial charge in [-0.05, 0) is 49.3 Å². The Morgan fingerprint density at radius 3 is 2.25 bits per heavy atom. The molecule has 4 aliphatic rings. The lowest BCUT2D eigenvalue weighted by atomic mass is 9.45. The van der Waals surface area contributed by atoms with Crippen LogP contribution in [0.1, 0.15) is 81.5 Å². The first-order valence-electron chi connectivity index (χ1n) is 15.0. The average molecular weight is 613 g/mol. The Morgan fingerprint density at radius 2 is 1.68 bits per heavy atom. The van der Waals surface area contributed by atoms with Gasteiger partial charge >= 0.3 is 29.8 Å². The molecular weight excluding hydrogens is 572 g/mol. The van der Waals surface area contributed by atoms with Gasteiger partial charge < -0.3 is 28.8 Å². The van der Waals surface area contributed by atoms with E-state index in [0.717, 1.165) is 5.57 Å². The number of rotatable bonds is 9. The Hall–Kier alpha value is -3.73. The lowest BCUT2D eigenvalue weighted by molar-refractivity contribution is -0.201. The number of carboxylic acids is 1. The third-order valence-electron chi connectivity index (χ3n) is 10.3. The summed E-state index contributed by atoms with van der Waals surface area (Å²) in [5.74, 6) is -4.14. The summed E-state index contributed by atoms with van der Waals surface area (Å²) in [6.07, 6.45) is 0.337. The normalized spacial score (nSPS) is 34.9. The van der Waals surface area contributed by atoms with Gasteiger partial charge in [-0.2, -0.15) is 0 Å². The maximum Gasteiger partial charge on any atom is 0.339 e. The summed E-state index contributed by atoms with van der Waals surface area (Å²) >= 11 is 0. The molecule has 238 valence electrons. The molecule has 0 amide bonds. The Balaban J connectivity index is 1.61. The third-order valence-corrected chi connectivity index (χ3v) is 10.3. The summed E-state index contributed by atoms with van der Waals surface area (Å²) in [7, 11) is 0. The van der Waals surface area contributed by atoms with Crippen LogP contribution in [-0.2, 0) is 38.1 Å². The second-order valence-electron chi connectivity index (χ2n) is 13.2. The van der Waals surface area contributed by atoms with Crippen molar-refractivity contribution < 1.29 is 52.8 Å². The highest BCUT2D eigenvalue weighted by atomic mass is 16.6. The first kappa shape index (κ1) is 31.7. The Morgan fingerprint density at radius 1 is 1.02 bits per heavy atom. The molecule has 1 heterocycles. The summed E-state index contributed by atoms with van der Waals surface area (Å²) < 4.78 is 30.1. The maximum absolute atomic E-state index is 13.6. The van der Waals surface area contributed by atoms with Crippen LogP contribution in [0, 0.1) is 28.6 Å². The number of benzene rings is 1. The van der Waals surface area contributed by atoms with Crippen molar-refractivity contribution in [3.8, 4) is 0 Å². The van der Waals surface area contributed by atoms with Gasteiger partial charge in [0.2, 0.25) is 0 Å². The van der Waals surface area contributed by atoms with Crippen LogP contribution in [0.4, 0.5) is 0 Å². The molecule has 3 fully saturated rings. The van der Waals surface area contributed by atoms with E-state index in [1.807, 2.05) is 33.8 Å². The van der Waals surface area contributed by atoms with Crippen LogP contribution in [0.3, 0.4) is 0 Å². The summed E-state index contributed by atoms with van der Waals surface area (Å²) in [5.41, 5.74) is -2.38. The largest absolute Gasteiger partial charge is 0.478 e. The van der Waals surface area contributed by atoms with Crippen molar-refractivity contribution in [3.05, 3.63) is 47.0 Å². The van der Waals surface area contributed by atoms with E-state index in [-0.39, 0.29) is 48.4 Å². The number of fused-ring (bicyclic) bond motifs is 2. The van der Waals surface area contributed by atoms with Gasteiger partial charge in [-0.1, -0.05) is 39.0 Å². The van der Waals surface area contributed by atoms with Crippen molar-refractivity contribution in [3.63, 3.8) is 0 Å². The summed E-state index contributed by atoms with van der Waals surface area (Å²) in [6, 6.07) is 5.76. The molecule has 8 atom stereocenters.